The van der Waals surface area contributed by atoms with Gasteiger partial charge in [-0.1, -0.05) is 25.0 Å². The van der Waals surface area contributed by atoms with Gasteiger partial charge in [-0.2, -0.15) is 0 Å². The molecule has 3 fully saturated rings. The fraction of sp³-hybridized carbons (Fsp3) is 0.618. The van der Waals surface area contributed by atoms with E-state index in [-0.39, 0.29) is 30.9 Å². The molecule has 9 nitrogen and oxygen atoms in total. The van der Waals surface area contributed by atoms with Gasteiger partial charge in [0.05, 0.1) is 24.5 Å². The van der Waals surface area contributed by atoms with E-state index in [1.165, 1.54) is 0 Å². The normalized spacial score (nSPS) is 25.9. The summed E-state index contributed by atoms with van der Waals surface area (Å²) in [5.74, 6) is -1.27. The summed E-state index contributed by atoms with van der Waals surface area (Å²) in [6.07, 6.45) is 7.17. The molecule has 2 bridgehead atoms. The maximum absolute atomic E-state index is 14.5. The summed E-state index contributed by atoms with van der Waals surface area (Å²) < 4.78 is 12.3. The molecule has 0 aliphatic carbocycles. The lowest BCUT2D eigenvalue weighted by molar-refractivity contribution is -0.151. The number of carbonyl (C=O) groups is 3. The fourth-order valence-electron chi connectivity index (χ4n) is 7.19. The van der Waals surface area contributed by atoms with Gasteiger partial charge in [-0.25, -0.2) is 0 Å². The number of hydrogen-bond donors (Lipinski definition) is 1. The second kappa shape index (κ2) is 13.6. The van der Waals surface area contributed by atoms with Gasteiger partial charge in [0.2, 0.25) is 17.7 Å². The van der Waals surface area contributed by atoms with E-state index in [9.17, 15) is 19.5 Å². The molecule has 2 unspecified atom stereocenters. The SMILES string of the molecule is C=CCN(C(=O)[C@@H]1[C@@H]2CCC3(O2)C(C(=O)N(CC=C)C(C)(C)C)N(CCCCCCO)C(=O)[C@H]13)c1ccc(OCC)cc1. The van der Waals surface area contributed by atoms with Gasteiger partial charge >= 0.3 is 0 Å². The Hall–Kier alpha value is -3.17. The second-order valence-corrected chi connectivity index (χ2v) is 12.8. The highest BCUT2D eigenvalue weighted by atomic mass is 16.5. The minimum absolute atomic E-state index is 0.131. The van der Waals surface area contributed by atoms with E-state index < -0.39 is 35.1 Å². The molecule has 3 saturated heterocycles. The second-order valence-electron chi connectivity index (χ2n) is 12.8. The number of nitrogens with zero attached hydrogens (tertiary/aromatic N) is 3. The summed E-state index contributed by atoms with van der Waals surface area (Å²) in [5.41, 5.74) is -0.877. The number of carbonyl (C=O) groups excluding carboxylic acids is 3. The molecule has 5 atom stereocenters. The van der Waals surface area contributed by atoms with Gasteiger partial charge < -0.3 is 29.3 Å². The van der Waals surface area contributed by atoms with Gasteiger partial charge in [0.25, 0.3) is 0 Å². The predicted octanol–water partition coefficient (Wildman–Crippen LogP) is 4.34. The molecular weight excluding hydrogens is 546 g/mol. The molecule has 1 spiro atoms. The van der Waals surface area contributed by atoms with Gasteiger partial charge in [0.1, 0.15) is 17.4 Å². The summed E-state index contributed by atoms with van der Waals surface area (Å²) in [4.78, 5) is 48.4. The number of fused-ring (bicyclic) bond motifs is 1. The first-order chi connectivity index (χ1) is 20.5. The molecule has 0 radical (unpaired) electrons. The van der Waals surface area contributed by atoms with Gasteiger partial charge in [-0.15, -0.1) is 13.2 Å². The van der Waals surface area contributed by atoms with Crippen molar-refractivity contribution in [3.05, 3.63) is 49.6 Å². The van der Waals surface area contributed by atoms with E-state index in [1.54, 1.807) is 26.9 Å². The summed E-state index contributed by atoms with van der Waals surface area (Å²) in [6, 6.07) is 6.52. The van der Waals surface area contributed by atoms with Crippen molar-refractivity contribution in [3.8, 4) is 5.75 Å². The average Bonchev–Trinajstić information content (AvgIpc) is 3.61. The number of benzene rings is 1. The first kappa shape index (κ1) is 32.7. The molecule has 1 aromatic rings. The van der Waals surface area contributed by atoms with E-state index in [4.69, 9.17) is 9.47 Å². The first-order valence-electron chi connectivity index (χ1n) is 15.7. The summed E-state index contributed by atoms with van der Waals surface area (Å²) in [6.45, 7) is 17.3. The van der Waals surface area contributed by atoms with Crippen LogP contribution in [-0.2, 0) is 19.1 Å². The topological polar surface area (TPSA) is 99.6 Å². The Balaban J connectivity index is 1.70. The highest BCUT2D eigenvalue weighted by Crippen LogP contribution is 2.59. The number of hydrogen-bond acceptors (Lipinski definition) is 6. The van der Waals surface area contributed by atoms with Crippen LogP contribution in [0.5, 0.6) is 5.75 Å². The van der Waals surface area contributed by atoms with E-state index in [2.05, 4.69) is 13.2 Å². The predicted molar refractivity (Wildman–Crippen MR) is 167 cm³/mol. The molecule has 9 heteroatoms. The number of ether oxygens (including phenoxy) is 2. The third kappa shape index (κ3) is 6.25. The van der Waals surface area contributed by atoms with Crippen molar-refractivity contribution in [2.24, 2.45) is 11.8 Å². The van der Waals surface area contributed by atoms with Crippen molar-refractivity contribution in [1.82, 2.24) is 9.80 Å². The molecule has 0 saturated carbocycles. The van der Waals surface area contributed by atoms with Crippen LogP contribution in [0.25, 0.3) is 0 Å². The first-order valence-corrected chi connectivity index (χ1v) is 15.7. The smallest absolute Gasteiger partial charge is 0.249 e. The van der Waals surface area contributed by atoms with Crippen LogP contribution in [0.15, 0.2) is 49.6 Å². The van der Waals surface area contributed by atoms with Crippen LogP contribution in [0.2, 0.25) is 0 Å². The van der Waals surface area contributed by atoms with Crippen LogP contribution in [0.1, 0.15) is 66.2 Å². The quantitative estimate of drug-likeness (QED) is 0.239. The number of aliphatic hydroxyl groups excluding tert-OH is 1. The number of likely N-dealkylation sites (tertiary alicyclic amines) is 1. The monoisotopic (exact) mass is 595 g/mol. The maximum atomic E-state index is 14.5. The third-order valence-corrected chi connectivity index (χ3v) is 9.05. The maximum Gasteiger partial charge on any atom is 0.249 e. The Kier molecular flexibility index (Phi) is 10.4. The zero-order valence-electron chi connectivity index (χ0n) is 26.3. The molecule has 3 aliphatic heterocycles. The Morgan fingerprint density at radius 2 is 1.77 bits per heavy atom. The summed E-state index contributed by atoms with van der Waals surface area (Å²) in [5, 5.41) is 9.20. The lowest BCUT2D eigenvalue weighted by Crippen LogP contribution is -2.60. The molecule has 3 heterocycles. The third-order valence-electron chi connectivity index (χ3n) is 9.05. The Labute approximate surface area is 256 Å². The Morgan fingerprint density at radius 3 is 2.37 bits per heavy atom. The minimum atomic E-state index is -1.06. The van der Waals surface area contributed by atoms with Crippen LogP contribution in [0.4, 0.5) is 5.69 Å². The van der Waals surface area contributed by atoms with Crippen LogP contribution in [0.3, 0.4) is 0 Å². The molecule has 236 valence electrons. The van der Waals surface area contributed by atoms with Gasteiger partial charge in [-0.05, 0) is 77.6 Å². The summed E-state index contributed by atoms with van der Waals surface area (Å²) >= 11 is 0. The molecule has 43 heavy (non-hydrogen) atoms. The number of aliphatic hydroxyl groups is 1. The van der Waals surface area contributed by atoms with Gasteiger partial charge in [-0.3, -0.25) is 14.4 Å². The van der Waals surface area contributed by atoms with Crippen molar-refractivity contribution in [2.75, 3.05) is 37.7 Å². The average molecular weight is 596 g/mol. The van der Waals surface area contributed by atoms with Gasteiger partial charge in [0, 0.05) is 37.5 Å². The van der Waals surface area contributed by atoms with Crippen LogP contribution >= 0.6 is 0 Å². The Morgan fingerprint density at radius 1 is 1.09 bits per heavy atom. The number of unbranched alkanes of at least 4 members (excludes halogenated alkanes) is 3. The van der Waals surface area contributed by atoms with E-state index in [0.29, 0.717) is 56.8 Å². The molecule has 0 aromatic heterocycles. The van der Waals surface area contributed by atoms with Crippen molar-refractivity contribution >= 4 is 23.4 Å². The van der Waals surface area contributed by atoms with E-state index in [1.807, 2.05) is 52.0 Å². The minimum Gasteiger partial charge on any atom is -0.494 e. The molecule has 1 aromatic carbocycles. The Bertz CT molecular complexity index is 1180. The zero-order valence-corrected chi connectivity index (χ0v) is 26.3. The van der Waals surface area contributed by atoms with E-state index in [0.717, 1.165) is 12.8 Å². The molecular formula is C34H49N3O6. The lowest BCUT2D eigenvalue weighted by Gasteiger charge is -2.42. The number of amides is 3. The highest BCUT2D eigenvalue weighted by Gasteiger charge is 2.75. The van der Waals surface area contributed by atoms with Crippen LogP contribution in [0, 0.1) is 11.8 Å². The van der Waals surface area contributed by atoms with Crippen LogP contribution in [-0.4, -0.2) is 88.8 Å². The fourth-order valence-corrected chi connectivity index (χ4v) is 7.19. The molecule has 3 amide bonds. The van der Waals surface area contributed by atoms with Crippen molar-refractivity contribution in [3.63, 3.8) is 0 Å². The van der Waals surface area contributed by atoms with Crippen molar-refractivity contribution < 1.29 is 29.0 Å². The number of rotatable bonds is 15. The molecule has 3 aliphatic rings. The zero-order chi connectivity index (χ0) is 31.4. The van der Waals surface area contributed by atoms with E-state index >= 15 is 0 Å². The molecule has 1 N–H and O–H groups in total. The highest BCUT2D eigenvalue weighted by molar-refractivity contribution is 6.03. The van der Waals surface area contributed by atoms with Crippen molar-refractivity contribution in [2.45, 2.75) is 89.5 Å². The largest absolute Gasteiger partial charge is 0.494 e. The van der Waals surface area contributed by atoms with Crippen molar-refractivity contribution in [1.29, 1.82) is 0 Å². The lowest BCUT2D eigenvalue weighted by atomic mass is 9.70. The standard InChI is InChI=1S/C34H49N3O6/c1-7-20-35(24-14-16-25(17-15-24)42-9-3)30(39)27-26-18-19-34(43-26)28(27)31(40)36(22-12-10-11-13-23-38)29(34)32(41)37(21-8-2)33(4,5)6/h7-8,14-17,26-29,38H,1-2,9-13,18-23H2,3-6H3/t26-,27+,28-,29?,34?/m0/s1. The van der Waals surface area contributed by atoms with Crippen LogP contribution < -0.4 is 9.64 Å². The van der Waals surface area contributed by atoms with Gasteiger partial charge in [0.15, 0.2) is 0 Å². The molecule has 4 rings (SSSR count). The number of anilines is 1. The summed E-state index contributed by atoms with van der Waals surface area (Å²) in [7, 11) is 0.